The number of esters is 1. The Morgan fingerprint density at radius 2 is 1.56 bits per heavy atom. The van der Waals surface area contributed by atoms with Crippen LogP contribution in [-0.2, 0) is 14.3 Å². The van der Waals surface area contributed by atoms with Gasteiger partial charge in [0, 0.05) is 17.3 Å². The smallest absolute Gasteiger partial charge is 0.338 e. The van der Waals surface area contributed by atoms with E-state index in [9.17, 15) is 14.4 Å². The second-order valence-electron chi connectivity index (χ2n) is 8.26. The van der Waals surface area contributed by atoms with Gasteiger partial charge in [-0.1, -0.05) is 6.07 Å². The molecule has 1 heterocycles. The van der Waals surface area contributed by atoms with E-state index in [1.165, 1.54) is 0 Å². The van der Waals surface area contributed by atoms with Gasteiger partial charge in [-0.25, -0.2) is 4.79 Å². The lowest BCUT2D eigenvalue weighted by atomic mass is 9.95. The number of nitrogens with zero attached hydrogens (tertiary/aromatic N) is 1. The molecular weight excluding hydrogens is 406 g/mol. The summed E-state index contributed by atoms with van der Waals surface area (Å²) in [5.74, 6) is -0.550. The fraction of sp³-hybridized carbons (Fsp3) is 0.400. The molecule has 3 rings (SSSR count). The second-order valence-corrected chi connectivity index (χ2v) is 8.26. The Morgan fingerprint density at radius 1 is 0.938 bits per heavy atom. The van der Waals surface area contributed by atoms with Gasteiger partial charge in [0.15, 0.2) is 0 Å². The number of aryl methyl sites for hydroxylation is 2. The molecule has 2 aromatic rings. The van der Waals surface area contributed by atoms with Crippen molar-refractivity contribution in [2.24, 2.45) is 5.92 Å². The molecule has 32 heavy (non-hydrogen) atoms. The highest BCUT2D eigenvalue weighted by molar-refractivity contribution is 5.94. The van der Waals surface area contributed by atoms with Crippen LogP contribution < -0.4 is 10.6 Å². The van der Waals surface area contributed by atoms with Crippen molar-refractivity contribution in [3.63, 3.8) is 0 Å². The molecular formula is C25H31N3O4. The molecule has 0 unspecified atom stereocenters. The first kappa shape index (κ1) is 23.5. The average Bonchev–Trinajstić information content (AvgIpc) is 2.74. The van der Waals surface area contributed by atoms with Crippen LogP contribution in [0.15, 0.2) is 42.5 Å². The van der Waals surface area contributed by atoms with Crippen molar-refractivity contribution >= 4 is 29.2 Å². The zero-order valence-corrected chi connectivity index (χ0v) is 18.9. The van der Waals surface area contributed by atoms with Crippen molar-refractivity contribution in [3.8, 4) is 0 Å². The number of ether oxygens (including phenoxy) is 1. The van der Waals surface area contributed by atoms with Crippen molar-refractivity contribution in [1.82, 2.24) is 4.90 Å². The van der Waals surface area contributed by atoms with Crippen LogP contribution in [0.4, 0.5) is 11.4 Å². The Kier molecular flexibility index (Phi) is 8.00. The van der Waals surface area contributed by atoms with Gasteiger partial charge in [0.05, 0.1) is 18.7 Å². The number of rotatable bonds is 7. The number of hydrogen-bond acceptors (Lipinski definition) is 5. The van der Waals surface area contributed by atoms with Crippen molar-refractivity contribution in [1.29, 1.82) is 0 Å². The summed E-state index contributed by atoms with van der Waals surface area (Å²) in [4.78, 5) is 38.8. The van der Waals surface area contributed by atoms with Gasteiger partial charge in [-0.2, -0.15) is 0 Å². The normalized spacial score (nSPS) is 14.6. The first-order chi connectivity index (χ1) is 15.3. The van der Waals surface area contributed by atoms with Gasteiger partial charge >= 0.3 is 5.97 Å². The molecule has 2 aromatic carbocycles. The molecule has 1 saturated heterocycles. The zero-order valence-electron chi connectivity index (χ0n) is 18.9. The second kappa shape index (κ2) is 10.9. The molecule has 1 fully saturated rings. The molecule has 2 N–H and O–H groups in total. The molecule has 0 atom stereocenters. The summed E-state index contributed by atoms with van der Waals surface area (Å²) in [6.45, 7) is 7.80. The van der Waals surface area contributed by atoms with E-state index in [1.807, 2.05) is 26.0 Å². The lowest BCUT2D eigenvalue weighted by Crippen LogP contribution is -2.41. The maximum absolute atomic E-state index is 12.6. The standard InChI is InChI=1S/C25H31N3O4/c1-4-32-25(31)20-5-7-21(8-6-20)27-24(30)19-9-11-28(12-10-19)16-23(29)26-22-14-17(2)13-18(3)15-22/h5-8,13-15,19H,4,9-12,16H2,1-3H3,(H,26,29)(H,27,30). The fourth-order valence-electron chi connectivity index (χ4n) is 3.95. The van der Waals surface area contributed by atoms with Crippen LogP contribution in [0, 0.1) is 19.8 Å². The number of hydrogen-bond donors (Lipinski definition) is 2. The van der Waals surface area contributed by atoms with Crippen LogP contribution >= 0.6 is 0 Å². The molecule has 1 aliphatic heterocycles. The first-order valence-corrected chi connectivity index (χ1v) is 11.0. The van der Waals surface area contributed by atoms with Crippen molar-refractivity contribution in [2.75, 3.05) is 36.9 Å². The Morgan fingerprint density at radius 3 is 2.16 bits per heavy atom. The topological polar surface area (TPSA) is 87.7 Å². The van der Waals surface area contributed by atoms with Crippen molar-refractivity contribution in [2.45, 2.75) is 33.6 Å². The van der Waals surface area contributed by atoms with Crippen LogP contribution in [-0.4, -0.2) is 48.9 Å². The van der Waals surface area contributed by atoms with Crippen LogP contribution in [0.5, 0.6) is 0 Å². The number of likely N-dealkylation sites (tertiary alicyclic amines) is 1. The lowest BCUT2D eigenvalue weighted by Gasteiger charge is -2.30. The Hall–Kier alpha value is -3.19. The van der Waals surface area contributed by atoms with Gasteiger partial charge in [0.1, 0.15) is 0 Å². The summed E-state index contributed by atoms with van der Waals surface area (Å²) < 4.78 is 4.97. The summed E-state index contributed by atoms with van der Waals surface area (Å²) in [6.07, 6.45) is 1.40. The third kappa shape index (κ3) is 6.65. The van der Waals surface area contributed by atoms with Crippen LogP contribution in [0.1, 0.15) is 41.3 Å². The number of carbonyl (C=O) groups is 3. The quantitative estimate of drug-likeness (QED) is 0.644. The van der Waals surface area contributed by atoms with E-state index in [0.717, 1.165) is 16.8 Å². The van der Waals surface area contributed by atoms with E-state index in [1.54, 1.807) is 31.2 Å². The molecule has 0 bridgehead atoms. The number of benzene rings is 2. The highest BCUT2D eigenvalue weighted by atomic mass is 16.5. The van der Waals surface area contributed by atoms with Gasteiger partial charge < -0.3 is 15.4 Å². The molecule has 0 aromatic heterocycles. The van der Waals surface area contributed by atoms with Gasteiger partial charge in [-0.05, 0) is 94.2 Å². The van der Waals surface area contributed by atoms with Crippen molar-refractivity contribution < 1.29 is 19.1 Å². The first-order valence-electron chi connectivity index (χ1n) is 11.0. The van der Waals surface area contributed by atoms with Crippen molar-refractivity contribution in [3.05, 3.63) is 59.2 Å². The Bertz CT molecular complexity index is 943. The van der Waals surface area contributed by atoms with E-state index >= 15 is 0 Å². The summed E-state index contributed by atoms with van der Waals surface area (Å²) in [5, 5.41) is 5.88. The molecule has 7 nitrogen and oxygen atoms in total. The van der Waals surface area contributed by atoms with Crippen LogP contribution in [0.2, 0.25) is 0 Å². The Balaban J connectivity index is 1.44. The minimum atomic E-state index is -0.376. The van der Waals surface area contributed by atoms with E-state index < -0.39 is 0 Å². The summed E-state index contributed by atoms with van der Waals surface area (Å²) in [5.41, 5.74) is 4.15. The minimum Gasteiger partial charge on any atom is -0.462 e. The predicted molar refractivity (Wildman–Crippen MR) is 125 cm³/mol. The molecule has 2 amide bonds. The molecule has 170 valence electrons. The van der Waals surface area contributed by atoms with Crippen LogP contribution in [0.3, 0.4) is 0 Å². The van der Waals surface area contributed by atoms with E-state index in [-0.39, 0.29) is 23.7 Å². The van der Waals surface area contributed by atoms with E-state index in [4.69, 9.17) is 4.74 Å². The SMILES string of the molecule is CCOC(=O)c1ccc(NC(=O)C2CCN(CC(=O)Nc3cc(C)cc(C)c3)CC2)cc1. The summed E-state index contributed by atoms with van der Waals surface area (Å²) in [7, 11) is 0. The number of anilines is 2. The lowest BCUT2D eigenvalue weighted by molar-refractivity contribution is -0.121. The maximum Gasteiger partial charge on any atom is 0.338 e. The van der Waals surface area contributed by atoms with Gasteiger partial charge in [0.2, 0.25) is 11.8 Å². The predicted octanol–water partition coefficient (Wildman–Crippen LogP) is 3.77. The van der Waals surface area contributed by atoms with Crippen LogP contribution in [0.25, 0.3) is 0 Å². The monoisotopic (exact) mass is 437 g/mol. The van der Waals surface area contributed by atoms with Gasteiger partial charge in [0.25, 0.3) is 0 Å². The highest BCUT2D eigenvalue weighted by Crippen LogP contribution is 2.20. The number of nitrogens with one attached hydrogen (secondary N) is 2. The number of carbonyl (C=O) groups excluding carboxylic acids is 3. The number of piperidine rings is 1. The number of amides is 2. The molecule has 0 radical (unpaired) electrons. The molecule has 7 heteroatoms. The highest BCUT2D eigenvalue weighted by Gasteiger charge is 2.26. The molecule has 0 saturated carbocycles. The van der Waals surface area contributed by atoms with E-state index in [0.29, 0.717) is 50.3 Å². The fourth-order valence-corrected chi connectivity index (χ4v) is 3.95. The zero-order chi connectivity index (χ0) is 23.1. The minimum absolute atomic E-state index is 0.0341. The van der Waals surface area contributed by atoms with Gasteiger partial charge in [-0.15, -0.1) is 0 Å². The largest absolute Gasteiger partial charge is 0.462 e. The average molecular weight is 438 g/mol. The summed E-state index contributed by atoms with van der Waals surface area (Å²) >= 11 is 0. The van der Waals surface area contributed by atoms with Gasteiger partial charge in [-0.3, -0.25) is 14.5 Å². The molecule has 0 aliphatic carbocycles. The molecule has 0 spiro atoms. The summed E-state index contributed by atoms with van der Waals surface area (Å²) in [6, 6.07) is 12.7. The molecule has 1 aliphatic rings. The third-order valence-corrected chi connectivity index (χ3v) is 5.49. The maximum atomic E-state index is 12.6. The Labute approximate surface area is 189 Å². The third-order valence-electron chi connectivity index (χ3n) is 5.49. The van der Waals surface area contributed by atoms with E-state index in [2.05, 4.69) is 21.6 Å².